The molecule has 4 fully saturated rings. The van der Waals surface area contributed by atoms with E-state index in [4.69, 9.17) is 0 Å². The molecule has 4 aliphatic rings. The lowest BCUT2D eigenvalue weighted by Crippen LogP contribution is -2.50. The second-order valence-electron chi connectivity index (χ2n) is 6.57. The first kappa shape index (κ1) is 10.1. The van der Waals surface area contributed by atoms with Crippen molar-refractivity contribution in [1.82, 2.24) is 0 Å². The highest BCUT2D eigenvalue weighted by Gasteiger charge is 2.53. The van der Waals surface area contributed by atoms with Crippen LogP contribution in [-0.2, 0) is 0 Å². The minimum absolute atomic E-state index is 0.433. The van der Waals surface area contributed by atoms with E-state index >= 15 is 0 Å². The molecule has 0 aromatic carbocycles. The van der Waals surface area contributed by atoms with Gasteiger partial charge in [0, 0.05) is 6.61 Å². The number of aliphatic hydroxyl groups excluding tert-OH is 1. The van der Waals surface area contributed by atoms with Gasteiger partial charge in [0.15, 0.2) is 0 Å². The molecule has 4 aliphatic carbocycles. The van der Waals surface area contributed by atoms with Crippen LogP contribution in [0.3, 0.4) is 0 Å². The highest BCUT2D eigenvalue weighted by atomic mass is 16.3. The van der Waals surface area contributed by atoms with E-state index in [0.29, 0.717) is 17.9 Å². The molecule has 0 radical (unpaired) electrons. The Labute approximate surface area is 93.3 Å². The van der Waals surface area contributed by atoms with Crippen molar-refractivity contribution in [3.63, 3.8) is 0 Å². The largest absolute Gasteiger partial charge is 0.396 e. The maximum atomic E-state index is 9.59. The summed E-state index contributed by atoms with van der Waals surface area (Å²) in [4.78, 5) is 0. The van der Waals surface area contributed by atoms with Crippen molar-refractivity contribution in [2.75, 3.05) is 6.61 Å². The van der Waals surface area contributed by atoms with Crippen LogP contribution >= 0.6 is 0 Å². The summed E-state index contributed by atoms with van der Waals surface area (Å²) in [5.74, 6) is 3.68. The van der Waals surface area contributed by atoms with Crippen molar-refractivity contribution in [3.8, 4) is 0 Å². The highest BCUT2D eigenvalue weighted by Crippen LogP contribution is 2.63. The van der Waals surface area contributed by atoms with Gasteiger partial charge in [-0.05, 0) is 67.6 Å². The predicted octanol–water partition coefficient (Wildman–Crippen LogP) is 3.22. The smallest absolute Gasteiger partial charge is 0.0464 e. The third-order valence-electron chi connectivity index (χ3n) is 5.66. The molecule has 1 nitrogen and oxygen atoms in total. The normalized spacial score (nSPS) is 49.6. The monoisotopic (exact) mass is 208 g/mol. The predicted molar refractivity (Wildman–Crippen MR) is 61.5 cm³/mol. The molecule has 4 saturated carbocycles. The summed E-state index contributed by atoms with van der Waals surface area (Å²) >= 11 is 0. The second-order valence-corrected chi connectivity index (χ2v) is 6.57. The van der Waals surface area contributed by atoms with E-state index in [9.17, 15) is 5.11 Å². The minimum Gasteiger partial charge on any atom is -0.396 e. The third kappa shape index (κ3) is 1.46. The minimum atomic E-state index is 0.433. The summed E-state index contributed by atoms with van der Waals surface area (Å²) in [6.07, 6.45) is 10.1. The molecular weight excluding hydrogens is 184 g/mol. The van der Waals surface area contributed by atoms with Gasteiger partial charge in [-0.15, -0.1) is 0 Å². The Bertz CT molecular complexity index is 206. The molecule has 1 atom stereocenters. The Balaban J connectivity index is 1.86. The Hall–Kier alpha value is -0.0400. The number of hydrogen-bond donors (Lipinski definition) is 1. The standard InChI is InChI=1S/C14H24O/c1-2-13(9-15)14-6-10-3-11(7-14)5-12(4-10)8-14/h10-13,15H,2-9H2,1H3. The van der Waals surface area contributed by atoms with Crippen LogP contribution < -0.4 is 0 Å². The van der Waals surface area contributed by atoms with Gasteiger partial charge in [0.1, 0.15) is 0 Å². The van der Waals surface area contributed by atoms with E-state index in [2.05, 4.69) is 6.92 Å². The molecule has 4 rings (SSSR count). The zero-order valence-electron chi connectivity index (χ0n) is 9.91. The Morgan fingerprint density at radius 1 is 1.07 bits per heavy atom. The van der Waals surface area contributed by atoms with Crippen LogP contribution in [0.5, 0.6) is 0 Å². The van der Waals surface area contributed by atoms with Crippen LogP contribution in [0.4, 0.5) is 0 Å². The summed E-state index contributed by atoms with van der Waals surface area (Å²) < 4.78 is 0. The molecule has 0 aliphatic heterocycles. The fraction of sp³-hybridized carbons (Fsp3) is 1.00. The Morgan fingerprint density at radius 2 is 1.53 bits per heavy atom. The third-order valence-corrected chi connectivity index (χ3v) is 5.66. The lowest BCUT2D eigenvalue weighted by Gasteiger charge is -2.59. The van der Waals surface area contributed by atoms with Gasteiger partial charge >= 0.3 is 0 Å². The lowest BCUT2D eigenvalue weighted by molar-refractivity contribution is -0.0987. The molecule has 0 amide bonds. The van der Waals surface area contributed by atoms with E-state index < -0.39 is 0 Å². The van der Waals surface area contributed by atoms with E-state index in [1.165, 1.54) is 44.9 Å². The van der Waals surface area contributed by atoms with Crippen molar-refractivity contribution in [2.24, 2.45) is 29.1 Å². The van der Waals surface area contributed by atoms with Gasteiger partial charge in [-0.3, -0.25) is 0 Å². The first-order valence-corrected chi connectivity index (χ1v) is 6.86. The summed E-state index contributed by atoms with van der Waals surface area (Å²) in [6.45, 7) is 2.70. The number of hydrogen-bond acceptors (Lipinski definition) is 1. The van der Waals surface area contributed by atoms with Gasteiger partial charge < -0.3 is 5.11 Å². The molecule has 1 N–H and O–H groups in total. The Kier molecular flexibility index (Phi) is 2.35. The molecule has 0 saturated heterocycles. The van der Waals surface area contributed by atoms with Gasteiger partial charge in [-0.1, -0.05) is 13.3 Å². The van der Waals surface area contributed by atoms with Crippen LogP contribution in [0.2, 0.25) is 0 Å². The van der Waals surface area contributed by atoms with Crippen molar-refractivity contribution in [3.05, 3.63) is 0 Å². The zero-order chi connectivity index (χ0) is 10.5. The van der Waals surface area contributed by atoms with Gasteiger partial charge in [0.25, 0.3) is 0 Å². The molecular formula is C14H24O. The van der Waals surface area contributed by atoms with Crippen molar-refractivity contribution < 1.29 is 5.11 Å². The molecule has 0 heterocycles. The van der Waals surface area contributed by atoms with Crippen LogP contribution in [-0.4, -0.2) is 11.7 Å². The van der Waals surface area contributed by atoms with E-state index in [1.54, 1.807) is 0 Å². The topological polar surface area (TPSA) is 20.2 Å². The van der Waals surface area contributed by atoms with Crippen LogP contribution in [0.25, 0.3) is 0 Å². The number of rotatable bonds is 3. The lowest BCUT2D eigenvalue weighted by atomic mass is 9.46. The fourth-order valence-electron chi connectivity index (χ4n) is 5.43. The van der Waals surface area contributed by atoms with Gasteiger partial charge in [-0.2, -0.15) is 0 Å². The SMILES string of the molecule is CCC(CO)C12CC3CC(CC(C3)C1)C2. The maximum absolute atomic E-state index is 9.59. The average molecular weight is 208 g/mol. The van der Waals surface area contributed by atoms with Crippen molar-refractivity contribution in [2.45, 2.75) is 51.9 Å². The molecule has 0 spiro atoms. The van der Waals surface area contributed by atoms with E-state index in [1.807, 2.05) is 0 Å². The van der Waals surface area contributed by atoms with Crippen molar-refractivity contribution >= 4 is 0 Å². The molecule has 15 heavy (non-hydrogen) atoms. The van der Waals surface area contributed by atoms with Crippen LogP contribution in [0.15, 0.2) is 0 Å². The molecule has 0 aromatic heterocycles. The fourth-order valence-corrected chi connectivity index (χ4v) is 5.43. The summed E-state index contributed by atoms with van der Waals surface area (Å²) in [7, 11) is 0. The number of aliphatic hydroxyl groups is 1. The molecule has 86 valence electrons. The highest BCUT2D eigenvalue weighted by molar-refractivity contribution is 5.03. The first-order valence-electron chi connectivity index (χ1n) is 6.86. The van der Waals surface area contributed by atoms with Gasteiger partial charge in [-0.25, -0.2) is 0 Å². The second kappa shape index (κ2) is 3.48. The van der Waals surface area contributed by atoms with E-state index in [-0.39, 0.29) is 0 Å². The van der Waals surface area contributed by atoms with Crippen LogP contribution in [0, 0.1) is 29.1 Å². The Morgan fingerprint density at radius 3 is 1.87 bits per heavy atom. The molecule has 1 unspecified atom stereocenters. The summed E-state index contributed by atoms with van der Waals surface area (Å²) in [5, 5.41) is 9.59. The van der Waals surface area contributed by atoms with Crippen molar-refractivity contribution in [1.29, 1.82) is 0 Å². The maximum Gasteiger partial charge on any atom is 0.0464 e. The average Bonchev–Trinajstić information content (AvgIpc) is 2.16. The quantitative estimate of drug-likeness (QED) is 0.755. The van der Waals surface area contributed by atoms with Crippen LogP contribution in [0.1, 0.15) is 51.9 Å². The molecule has 4 bridgehead atoms. The van der Waals surface area contributed by atoms with E-state index in [0.717, 1.165) is 17.8 Å². The summed E-state index contributed by atoms with van der Waals surface area (Å²) in [5.41, 5.74) is 0.568. The zero-order valence-corrected chi connectivity index (χ0v) is 9.91. The first-order chi connectivity index (χ1) is 7.25. The van der Waals surface area contributed by atoms with Gasteiger partial charge in [0.2, 0.25) is 0 Å². The summed E-state index contributed by atoms with van der Waals surface area (Å²) in [6, 6.07) is 0. The molecule has 1 heteroatoms. The van der Waals surface area contributed by atoms with Gasteiger partial charge in [0.05, 0.1) is 0 Å². The molecule has 0 aromatic rings.